The second-order valence-electron chi connectivity index (χ2n) is 5.44. The summed E-state index contributed by atoms with van der Waals surface area (Å²) in [6, 6.07) is 7.75. The minimum absolute atomic E-state index is 0.560. The molecule has 1 aromatic carbocycles. The Morgan fingerprint density at radius 2 is 2.08 bits per heavy atom. The molecule has 0 amide bonds. The Morgan fingerprint density at radius 1 is 1.23 bits per heavy atom. The van der Waals surface area contributed by atoms with Gasteiger partial charge in [-0.3, -0.25) is 0 Å². The van der Waals surface area contributed by atoms with Gasteiger partial charge in [0.1, 0.15) is 11.6 Å². The van der Waals surface area contributed by atoms with Gasteiger partial charge in [-0.05, 0) is 30.7 Å². The van der Waals surface area contributed by atoms with E-state index in [1.807, 2.05) is 24.3 Å². The van der Waals surface area contributed by atoms with Gasteiger partial charge in [-0.2, -0.15) is 0 Å². The van der Waals surface area contributed by atoms with Crippen LogP contribution in [0.5, 0.6) is 5.75 Å². The number of aromatic nitrogens is 4. The number of anilines is 1. The van der Waals surface area contributed by atoms with Crippen LogP contribution in [-0.4, -0.2) is 40.2 Å². The lowest BCUT2D eigenvalue weighted by Crippen LogP contribution is -2.08. The predicted molar refractivity (Wildman–Crippen MR) is 101 cm³/mol. The maximum atomic E-state index is 5.23. The van der Waals surface area contributed by atoms with Crippen LogP contribution in [0.3, 0.4) is 0 Å². The van der Waals surface area contributed by atoms with Crippen LogP contribution in [0.4, 0.5) is 5.95 Å². The van der Waals surface area contributed by atoms with Crippen LogP contribution in [0.1, 0.15) is 6.42 Å². The average molecular weight is 351 g/mol. The summed E-state index contributed by atoms with van der Waals surface area (Å²) in [6.45, 7) is 4.83. The lowest BCUT2D eigenvalue weighted by molar-refractivity contribution is 0.249. The molecule has 0 aliphatic heterocycles. The van der Waals surface area contributed by atoms with Gasteiger partial charge in [0.15, 0.2) is 0 Å². The monoisotopic (exact) mass is 351 g/mol. The van der Waals surface area contributed by atoms with E-state index in [0.29, 0.717) is 19.1 Å². The van der Waals surface area contributed by atoms with E-state index in [2.05, 4.69) is 31.8 Å². The number of nitrogens with one attached hydrogen (secondary N) is 2. The molecule has 3 aromatic rings. The summed E-state index contributed by atoms with van der Waals surface area (Å²) in [5, 5.41) is 3.22. The van der Waals surface area contributed by atoms with Gasteiger partial charge >= 0.3 is 0 Å². The Kier molecular flexibility index (Phi) is 5.82. The van der Waals surface area contributed by atoms with E-state index < -0.39 is 0 Å². The van der Waals surface area contributed by atoms with E-state index in [0.717, 1.165) is 34.8 Å². The molecule has 0 aliphatic carbocycles. The predicted octanol–water partition coefficient (Wildman–Crippen LogP) is 3.50. The van der Waals surface area contributed by atoms with Gasteiger partial charge in [-0.1, -0.05) is 6.58 Å². The summed E-state index contributed by atoms with van der Waals surface area (Å²) >= 11 is 0. The molecule has 0 aliphatic rings. The summed E-state index contributed by atoms with van der Waals surface area (Å²) in [5.41, 5.74) is 2.58. The van der Waals surface area contributed by atoms with Crippen molar-refractivity contribution in [3.63, 3.8) is 0 Å². The topological polar surface area (TPSA) is 85.0 Å². The molecule has 0 saturated heterocycles. The third-order valence-corrected chi connectivity index (χ3v) is 3.75. The summed E-state index contributed by atoms with van der Waals surface area (Å²) < 4.78 is 10.3. The number of H-pyrrole nitrogens is 1. The van der Waals surface area contributed by atoms with Crippen molar-refractivity contribution in [3.05, 3.63) is 55.7 Å². The molecule has 0 radical (unpaired) electrons. The third-order valence-electron chi connectivity index (χ3n) is 3.75. The zero-order chi connectivity index (χ0) is 18.2. The van der Waals surface area contributed by atoms with Gasteiger partial charge in [0.05, 0.1) is 31.2 Å². The first-order valence-corrected chi connectivity index (χ1v) is 8.29. The molecule has 0 fully saturated rings. The second kappa shape index (κ2) is 8.66. The Bertz CT molecular complexity index is 832. The standard InChI is InChI=1S/C19H21N5O2/c1-3-26-12-4-9-22-19-23-13-16(18-20-10-11-21-18)17(24-19)14-5-7-15(25-2)8-6-14/h3,5-8,10-11,13H,1,4,9,12H2,2H3,(H,20,21)(H,22,23,24). The zero-order valence-corrected chi connectivity index (χ0v) is 14.6. The van der Waals surface area contributed by atoms with Crippen LogP contribution in [0.2, 0.25) is 0 Å². The van der Waals surface area contributed by atoms with Gasteiger partial charge in [-0.25, -0.2) is 15.0 Å². The SMILES string of the molecule is C=COCCCNc1ncc(-c2ncc[nH]2)c(-c2ccc(OC)cc2)n1. The minimum atomic E-state index is 0.560. The number of benzene rings is 1. The van der Waals surface area contributed by atoms with Crippen LogP contribution < -0.4 is 10.1 Å². The lowest BCUT2D eigenvalue weighted by Gasteiger charge is -2.11. The van der Waals surface area contributed by atoms with Crippen LogP contribution in [-0.2, 0) is 4.74 Å². The number of ether oxygens (including phenoxy) is 2. The van der Waals surface area contributed by atoms with E-state index in [-0.39, 0.29) is 0 Å². The third kappa shape index (κ3) is 4.18. The van der Waals surface area contributed by atoms with Crippen molar-refractivity contribution in [3.8, 4) is 28.4 Å². The highest BCUT2D eigenvalue weighted by molar-refractivity contribution is 5.77. The van der Waals surface area contributed by atoms with Crippen molar-refractivity contribution < 1.29 is 9.47 Å². The smallest absolute Gasteiger partial charge is 0.223 e. The van der Waals surface area contributed by atoms with E-state index in [4.69, 9.17) is 9.47 Å². The highest BCUT2D eigenvalue weighted by atomic mass is 16.5. The molecule has 0 spiro atoms. The quantitative estimate of drug-likeness (QED) is 0.453. The second-order valence-corrected chi connectivity index (χ2v) is 5.44. The number of methoxy groups -OCH3 is 1. The van der Waals surface area contributed by atoms with Crippen LogP contribution >= 0.6 is 0 Å². The van der Waals surface area contributed by atoms with Crippen molar-refractivity contribution in [2.24, 2.45) is 0 Å². The molecule has 0 unspecified atom stereocenters. The van der Waals surface area contributed by atoms with Gasteiger partial charge in [-0.15, -0.1) is 0 Å². The number of nitrogens with zero attached hydrogens (tertiary/aromatic N) is 3. The molecule has 2 N–H and O–H groups in total. The molecule has 3 rings (SSSR count). The molecule has 2 aromatic heterocycles. The number of rotatable bonds is 9. The maximum Gasteiger partial charge on any atom is 0.223 e. The Hall–Kier alpha value is -3.35. The molecule has 0 bridgehead atoms. The summed E-state index contributed by atoms with van der Waals surface area (Å²) in [7, 11) is 1.64. The van der Waals surface area contributed by atoms with Gasteiger partial charge < -0.3 is 19.8 Å². The number of aromatic amines is 1. The molecule has 2 heterocycles. The molecule has 0 atom stereocenters. The Labute approximate surface area is 152 Å². The fourth-order valence-corrected chi connectivity index (χ4v) is 2.46. The fraction of sp³-hybridized carbons (Fsp3) is 0.211. The Balaban J connectivity index is 1.87. The van der Waals surface area contributed by atoms with Crippen LogP contribution in [0, 0.1) is 0 Å². The molecule has 26 heavy (non-hydrogen) atoms. The van der Waals surface area contributed by atoms with Crippen LogP contribution in [0.25, 0.3) is 22.6 Å². The van der Waals surface area contributed by atoms with E-state index in [1.165, 1.54) is 6.26 Å². The fourth-order valence-electron chi connectivity index (χ4n) is 2.46. The molecule has 134 valence electrons. The minimum Gasteiger partial charge on any atom is -0.502 e. The first-order chi connectivity index (χ1) is 12.8. The van der Waals surface area contributed by atoms with Crippen molar-refractivity contribution >= 4 is 5.95 Å². The van der Waals surface area contributed by atoms with Crippen molar-refractivity contribution in [1.82, 2.24) is 19.9 Å². The molecule has 7 heteroatoms. The Morgan fingerprint density at radius 3 is 2.77 bits per heavy atom. The number of hydrogen-bond donors (Lipinski definition) is 2. The number of hydrogen-bond acceptors (Lipinski definition) is 6. The molecular formula is C19H21N5O2. The maximum absolute atomic E-state index is 5.23. The van der Waals surface area contributed by atoms with Crippen molar-refractivity contribution in [2.75, 3.05) is 25.6 Å². The van der Waals surface area contributed by atoms with E-state index in [9.17, 15) is 0 Å². The first-order valence-electron chi connectivity index (χ1n) is 8.29. The summed E-state index contributed by atoms with van der Waals surface area (Å²) in [6.07, 6.45) is 7.52. The normalized spacial score (nSPS) is 10.3. The van der Waals surface area contributed by atoms with Gasteiger partial charge in [0, 0.05) is 30.7 Å². The number of imidazole rings is 1. The zero-order valence-electron chi connectivity index (χ0n) is 14.6. The molecular weight excluding hydrogens is 330 g/mol. The molecule has 0 saturated carbocycles. The highest BCUT2D eigenvalue weighted by Crippen LogP contribution is 2.29. The van der Waals surface area contributed by atoms with Gasteiger partial charge in [0.25, 0.3) is 0 Å². The average Bonchev–Trinajstić information content (AvgIpc) is 3.22. The largest absolute Gasteiger partial charge is 0.502 e. The first kappa shape index (κ1) is 17.5. The highest BCUT2D eigenvalue weighted by Gasteiger charge is 2.13. The summed E-state index contributed by atoms with van der Waals surface area (Å²) in [5.74, 6) is 2.08. The van der Waals surface area contributed by atoms with Gasteiger partial charge in [0.2, 0.25) is 5.95 Å². The molecule has 7 nitrogen and oxygen atoms in total. The van der Waals surface area contributed by atoms with E-state index in [1.54, 1.807) is 25.7 Å². The van der Waals surface area contributed by atoms with E-state index >= 15 is 0 Å². The lowest BCUT2D eigenvalue weighted by atomic mass is 10.1. The van der Waals surface area contributed by atoms with Crippen molar-refractivity contribution in [1.29, 1.82) is 0 Å². The summed E-state index contributed by atoms with van der Waals surface area (Å²) in [4.78, 5) is 16.5. The van der Waals surface area contributed by atoms with Crippen LogP contribution in [0.15, 0.2) is 55.7 Å². The van der Waals surface area contributed by atoms with Crippen molar-refractivity contribution in [2.45, 2.75) is 6.42 Å².